The van der Waals surface area contributed by atoms with E-state index in [1.54, 1.807) is 37.3 Å². The maximum Gasteiger partial charge on any atom is 0.144 e. The number of aromatic nitrogens is 4. The van der Waals surface area contributed by atoms with E-state index in [1.165, 1.54) is 0 Å². The highest BCUT2D eigenvalue weighted by Crippen LogP contribution is 2.25. The Kier molecular flexibility index (Phi) is 5.92. The summed E-state index contributed by atoms with van der Waals surface area (Å²) in [5.41, 5.74) is 4.57. The molecule has 0 saturated carbocycles. The molecule has 0 aliphatic heterocycles. The number of hydrogen-bond donors (Lipinski definition) is 1. The molecule has 1 atom stereocenters. The monoisotopic (exact) mass is 393 g/mol. The summed E-state index contributed by atoms with van der Waals surface area (Å²) >= 11 is 0. The van der Waals surface area contributed by atoms with Crippen molar-refractivity contribution >= 4 is 12.2 Å². The van der Waals surface area contributed by atoms with Crippen LogP contribution in [0, 0.1) is 11.3 Å². The summed E-state index contributed by atoms with van der Waals surface area (Å²) in [5.74, 6) is 0.667. The van der Waals surface area contributed by atoms with Gasteiger partial charge in [0.25, 0.3) is 0 Å². The molecule has 6 nitrogen and oxygen atoms in total. The summed E-state index contributed by atoms with van der Waals surface area (Å²) in [6.07, 6.45) is 14.8. The first-order valence-corrected chi connectivity index (χ1v) is 9.47. The third-order valence-electron chi connectivity index (χ3n) is 4.56. The van der Waals surface area contributed by atoms with Crippen LogP contribution in [0.3, 0.4) is 0 Å². The van der Waals surface area contributed by atoms with E-state index in [9.17, 15) is 0 Å². The Labute approximate surface area is 174 Å². The smallest absolute Gasteiger partial charge is 0.144 e. The Bertz CT molecular complexity index is 1150. The molecule has 0 aliphatic carbocycles. The number of nitrogens with one attached hydrogen (secondary N) is 1. The van der Waals surface area contributed by atoms with E-state index in [2.05, 4.69) is 26.0 Å². The van der Waals surface area contributed by atoms with Gasteiger partial charge in [-0.05, 0) is 47.0 Å². The Hall–Kier alpha value is -4.24. The zero-order valence-electron chi connectivity index (χ0n) is 16.1. The first kappa shape index (κ1) is 19.1. The van der Waals surface area contributed by atoms with E-state index < -0.39 is 0 Å². The van der Waals surface area contributed by atoms with Crippen LogP contribution < -0.4 is 4.74 Å². The van der Waals surface area contributed by atoms with Crippen molar-refractivity contribution in [1.82, 2.24) is 19.9 Å². The van der Waals surface area contributed by atoms with Gasteiger partial charge in [-0.25, -0.2) is 4.98 Å². The zero-order valence-corrected chi connectivity index (χ0v) is 16.1. The molecule has 6 heteroatoms. The van der Waals surface area contributed by atoms with Crippen LogP contribution in [-0.2, 0) is 6.42 Å². The van der Waals surface area contributed by atoms with Gasteiger partial charge >= 0.3 is 0 Å². The van der Waals surface area contributed by atoms with Crippen molar-refractivity contribution in [2.75, 3.05) is 0 Å². The standard InChI is InChI=1S/C24H19N5O/c25-13-20-4-2-19(3-5-20)12-24(23-16-28-17-29-23)30-22-11-21(14-27-15-22)6-1-18-7-9-26-10-8-18/h1-11,14-17,24H,12H2,(H,28,29). The Balaban J connectivity index is 1.53. The van der Waals surface area contributed by atoms with Crippen molar-refractivity contribution in [2.45, 2.75) is 12.5 Å². The normalized spacial score (nSPS) is 11.8. The second-order valence-corrected chi connectivity index (χ2v) is 6.69. The van der Waals surface area contributed by atoms with E-state index in [-0.39, 0.29) is 6.10 Å². The number of aromatic amines is 1. The van der Waals surface area contributed by atoms with E-state index in [0.29, 0.717) is 17.7 Å². The molecule has 0 bridgehead atoms. The molecule has 30 heavy (non-hydrogen) atoms. The number of pyridine rings is 2. The average Bonchev–Trinajstić information content (AvgIpc) is 3.34. The summed E-state index contributed by atoms with van der Waals surface area (Å²) in [6.45, 7) is 0. The van der Waals surface area contributed by atoms with Gasteiger partial charge in [0, 0.05) is 25.0 Å². The van der Waals surface area contributed by atoms with Gasteiger partial charge in [0.05, 0.1) is 36.0 Å². The lowest BCUT2D eigenvalue weighted by atomic mass is 10.0. The second kappa shape index (κ2) is 9.30. The third-order valence-corrected chi connectivity index (χ3v) is 4.56. The fourth-order valence-electron chi connectivity index (χ4n) is 3.01. The first-order valence-electron chi connectivity index (χ1n) is 9.47. The van der Waals surface area contributed by atoms with Gasteiger partial charge in [-0.1, -0.05) is 24.3 Å². The lowest BCUT2D eigenvalue weighted by Gasteiger charge is -2.18. The van der Waals surface area contributed by atoms with Crippen LogP contribution >= 0.6 is 0 Å². The fourth-order valence-corrected chi connectivity index (χ4v) is 3.01. The number of nitrogens with zero attached hydrogens (tertiary/aromatic N) is 4. The topological polar surface area (TPSA) is 87.5 Å². The van der Waals surface area contributed by atoms with Crippen molar-refractivity contribution in [3.05, 3.63) is 108 Å². The Morgan fingerprint density at radius 2 is 1.73 bits per heavy atom. The van der Waals surface area contributed by atoms with Gasteiger partial charge in [-0.2, -0.15) is 5.26 Å². The molecule has 3 aromatic heterocycles. The minimum Gasteiger partial charge on any atom is -0.482 e. The lowest BCUT2D eigenvalue weighted by molar-refractivity contribution is 0.201. The van der Waals surface area contributed by atoms with Crippen molar-refractivity contribution in [3.63, 3.8) is 0 Å². The summed E-state index contributed by atoms with van der Waals surface area (Å²) in [6, 6.07) is 15.5. The molecular weight excluding hydrogens is 374 g/mol. The highest BCUT2D eigenvalue weighted by Gasteiger charge is 2.16. The molecular formula is C24H19N5O. The average molecular weight is 393 g/mol. The van der Waals surface area contributed by atoms with E-state index in [0.717, 1.165) is 22.4 Å². The molecule has 1 unspecified atom stereocenters. The lowest BCUT2D eigenvalue weighted by Crippen LogP contribution is -2.11. The molecule has 3 heterocycles. The number of ether oxygens (including phenoxy) is 1. The number of hydrogen-bond acceptors (Lipinski definition) is 5. The van der Waals surface area contributed by atoms with Crippen LogP contribution in [0.2, 0.25) is 0 Å². The number of rotatable bonds is 7. The van der Waals surface area contributed by atoms with Gasteiger partial charge in [0.2, 0.25) is 0 Å². The summed E-state index contributed by atoms with van der Waals surface area (Å²) in [5, 5.41) is 8.99. The largest absolute Gasteiger partial charge is 0.482 e. The quantitative estimate of drug-likeness (QED) is 0.496. The number of nitriles is 1. The molecule has 4 rings (SSSR count). The van der Waals surface area contributed by atoms with Crippen molar-refractivity contribution in [2.24, 2.45) is 0 Å². The van der Waals surface area contributed by atoms with Gasteiger partial charge in [0.15, 0.2) is 0 Å². The van der Waals surface area contributed by atoms with Crippen LogP contribution in [0.4, 0.5) is 0 Å². The van der Waals surface area contributed by atoms with Crippen molar-refractivity contribution < 1.29 is 4.74 Å². The molecule has 0 aliphatic rings. The number of imidazole rings is 1. The van der Waals surface area contributed by atoms with Crippen LogP contribution in [0.1, 0.15) is 34.1 Å². The highest BCUT2D eigenvalue weighted by atomic mass is 16.5. The maximum atomic E-state index is 8.99. The van der Waals surface area contributed by atoms with Gasteiger partial charge in [-0.15, -0.1) is 0 Å². The minimum absolute atomic E-state index is 0.262. The molecule has 1 N–H and O–H groups in total. The molecule has 0 fully saturated rings. The zero-order chi connectivity index (χ0) is 20.6. The van der Waals surface area contributed by atoms with Gasteiger partial charge < -0.3 is 9.72 Å². The fraction of sp³-hybridized carbons (Fsp3) is 0.0833. The number of benzene rings is 1. The Morgan fingerprint density at radius 1 is 0.933 bits per heavy atom. The van der Waals surface area contributed by atoms with E-state index in [4.69, 9.17) is 10.00 Å². The molecule has 1 aromatic carbocycles. The van der Waals surface area contributed by atoms with Crippen LogP contribution in [0.5, 0.6) is 5.75 Å². The molecule has 0 amide bonds. The van der Waals surface area contributed by atoms with E-state index in [1.807, 2.05) is 54.6 Å². The van der Waals surface area contributed by atoms with Crippen LogP contribution in [-0.4, -0.2) is 19.9 Å². The summed E-state index contributed by atoms with van der Waals surface area (Å²) in [7, 11) is 0. The number of H-pyrrole nitrogens is 1. The first-order chi connectivity index (χ1) is 14.8. The minimum atomic E-state index is -0.262. The molecule has 0 saturated heterocycles. The third kappa shape index (κ3) is 4.97. The molecule has 4 aromatic rings. The second-order valence-electron chi connectivity index (χ2n) is 6.69. The highest BCUT2D eigenvalue weighted by molar-refractivity contribution is 5.69. The SMILES string of the molecule is N#Cc1ccc(CC(Oc2cncc(C=Cc3ccncc3)c2)c2cnc[nH]2)cc1. The van der Waals surface area contributed by atoms with Crippen molar-refractivity contribution in [1.29, 1.82) is 5.26 Å². The summed E-state index contributed by atoms with van der Waals surface area (Å²) < 4.78 is 6.27. The molecule has 0 radical (unpaired) electrons. The molecule has 0 spiro atoms. The van der Waals surface area contributed by atoms with Gasteiger partial charge in [0.1, 0.15) is 11.9 Å². The van der Waals surface area contributed by atoms with Gasteiger partial charge in [-0.3, -0.25) is 9.97 Å². The predicted octanol–water partition coefficient (Wildman–Crippen LogP) is 4.60. The van der Waals surface area contributed by atoms with E-state index >= 15 is 0 Å². The van der Waals surface area contributed by atoms with Crippen molar-refractivity contribution in [3.8, 4) is 11.8 Å². The van der Waals surface area contributed by atoms with Crippen LogP contribution in [0.25, 0.3) is 12.2 Å². The van der Waals surface area contributed by atoms with Crippen LogP contribution in [0.15, 0.2) is 79.8 Å². The summed E-state index contributed by atoms with van der Waals surface area (Å²) in [4.78, 5) is 15.6. The molecule has 146 valence electrons. The predicted molar refractivity (Wildman–Crippen MR) is 114 cm³/mol. The Morgan fingerprint density at radius 3 is 2.47 bits per heavy atom. The maximum absolute atomic E-state index is 8.99.